The minimum atomic E-state index is -0.00176. The number of hydrogen-bond acceptors (Lipinski definition) is 3. The van der Waals surface area contributed by atoms with E-state index in [0.29, 0.717) is 5.78 Å². The van der Waals surface area contributed by atoms with Crippen LogP contribution in [0.4, 0.5) is 0 Å². The molecule has 3 rings (SSSR count). The van der Waals surface area contributed by atoms with E-state index in [1.54, 1.807) is 0 Å². The van der Waals surface area contributed by atoms with Gasteiger partial charge in [-0.1, -0.05) is 37.3 Å². The van der Waals surface area contributed by atoms with E-state index >= 15 is 0 Å². The van der Waals surface area contributed by atoms with E-state index in [4.69, 9.17) is 4.74 Å². The highest BCUT2D eigenvalue weighted by atomic mass is 32.2. The normalized spacial score (nSPS) is 30.4. The van der Waals surface area contributed by atoms with Crippen molar-refractivity contribution in [2.45, 2.75) is 44.1 Å². The molecule has 3 unspecified atom stereocenters. The Morgan fingerprint density at radius 1 is 1.43 bits per heavy atom. The Balaban J connectivity index is 1.74. The quantitative estimate of drug-likeness (QED) is 0.839. The van der Waals surface area contributed by atoms with Gasteiger partial charge in [0.1, 0.15) is 5.78 Å². The number of rotatable bonds is 4. The first kappa shape index (κ1) is 15.1. The van der Waals surface area contributed by atoms with Crippen molar-refractivity contribution in [3.63, 3.8) is 0 Å². The van der Waals surface area contributed by atoms with E-state index in [2.05, 4.69) is 19.1 Å². The van der Waals surface area contributed by atoms with E-state index in [1.165, 1.54) is 11.3 Å². The molecule has 0 amide bonds. The van der Waals surface area contributed by atoms with Gasteiger partial charge in [-0.05, 0) is 37.0 Å². The van der Waals surface area contributed by atoms with Gasteiger partial charge in [-0.3, -0.25) is 4.79 Å². The average molecular weight is 304 g/mol. The van der Waals surface area contributed by atoms with Crippen LogP contribution < -0.4 is 0 Å². The molecule has 0 bridgehead atoms. The molecule has 0 aromatic heterocycles. The second kappa shape index (κ2) is 6.53. The summed E-state index contributed by atoms with van der Waals surface area (Å²) in [5.74, 6) is 2.92. The number of hydrogen-bond donors (Lipinski definition) is 0. The Morgan fingerprint density at radius 2 is 2.24 bits per heavy atom. The van der Waals surface area contributed by atoms with Crippen LogP contribution >= 0.6 is 11.8 Å². The number of ether oxygens (including phenoxy) is 1. The van der Waals surface area contributed by atoms with Crippen LogP contribution in [0, 0.1) is 5.92 Å². The van der Waals surface area contributed by atoms with Gasteiger partial charge in [0.25, 0.3) is 0 Å². The number of benzene rings is 1. The molecular weight excluding hydrogens is 280 g/mol. The van der Waals surface area contributed by atoms with Crippen LogP contribution in [0.25, 0.3) is 0 Å². The molecule has 3 heteroatoms. The Labute approximate surface area is 131 Å². The topological polar surface area (TPSA) is 26.3 Å². The highest BCUT2D eigenvalue weighted by Crippen LogP contribution is 2.42. The molecular formula is C18H24O2S. The van der Waals surface area contributed by atoms with Gasteiger partial charge in [0, 0.05) is 24.2 Å². The number of thioether (sulfide) groups is 1. The molecule has 1 aromatic rings. The van der Waals surface area contributed by atoms with E-state index in [0.717, 1.165) is 38.0 Å². The lowest BCUT2D eigenvalue weighted by Crippen LogP contribution is -2.43. The zero-order chi connectivity index (χ0) is 14.7. The molecule has 3 atom stereocenters. The predicted molar refractivity (Wildman–Crippen MR) is 87.8 cm³/mol. The van der Waals surface area contributed by atoms with E-state index in [-0.39, 0.29) is 17.4 Å². The predicted octanol–water partition coefficient (Wildman–Crippen LogP) is 4.05. The molecule has 1 spiro atoms. The van der Waals surface area contributed by atoms with Crippen molar-refractivity contribution in [2.75, 3.05) is 18.1 Å². The van der Waals surface area contributed by atoms with Gasteiger partial charge in [-0.15, -0.1) is 0 Å². The van der Waals surface area contributed by atoms with Gasteiger partial charge in [0.2, 0.25) is 0 Å². The first-order chi connectivity index (χ1) is 10.2. The lowest BCUT2D eigenvalue weighted by molar-refractivity contribution is -0.135. The number of Topliss-reactive ketones (excluding diaryl/α,β-unsaturated/α-hetero) is 1. The van der Waals surface area contributed by atoms with Crippen molar-refractivity contribution < 1.29 is 9.53 Å². The maximum Gasteiger partial charge on any atom is 0.143 e. The summed E-state index contributed by atoms with van der Waals surface area (Å²) in [6.45, 7) is 2.87. The maximum atomic E-state index is 13.0. The largest absolute Gasteiger partial charge is 0.374 e. The molecule has 0 saturated carbocycles. The van der Waals surface area contributed by atoms with Gasteiger partial charge in [0.05, 0.1) is 5.60 Å². The van der Waals surface area contributed by atoms with E-state index in [1.807, 2.05) is 30.0 Å². The van der Waals surface area contributed by atoms with Crippen LogP contribution in [0.2, 0.25) is 0 Å². The van der Waals surface area contributed by atoms with Crippen molar-refractivity contribution in [3.8, 4) is 0 Å². The number of ketones is 1. The summed E-state index contributed by atoms with van der Waals surface area (Å²) in [5.41, 5.74) is 1.17. The second-order valence-electron chi connectivity index (χ2n) is 6.30. The number of carbonyl (C=O) groups excluding carboxylic acids is 1. The summed E-state index contributed by atoms with van der Waals surface area (Å²) in [7, 11) is 0. The zero-order valence-corrected chi connectivity index (χ0v) is 13.5. The molecule has 114 valence electrons. The van der Waals surface area contributed by atoms with E-state index in [9.17, 15) is 4.79 Å². The summed E-state index contributed by atoms with van der Waals surface area (Å²) >= 11 is 1.97. The summed E-state index contributed by atoms with van der Waals surface area (Å²) < 4.78 is 6.05. The van der Waals surface area contributed by atoms with Crippen molar-refractivity contribution in [3.05, 3.63) is 35.9 Å². The van der Waals surface area contributed by atoms with Gasteiger partial charge in [-0.25, -0.2) is 0 Å². The first-order valence-electron chi connectivity index (χ1n) is 8.04. The SMILES string of the molecule is CCC(C(=O)C1CCOC2(CCSC2)C1)c1ccccc1. The molecule has 2 fully saturated rings. The summed E-state index contributed by atoms with van der Waals surface area (Å²) in [6.07, 6.45) is 3.84. The van der Waals surface area contributed by atoms with Crippen LogP contribution in [0.3, 0.4) is 0 Å². The average Bonchev–Trinajstić information content (AvgIpc) is 2.97. The van der Waals surface area contributed by atoms with Crippen molar-refractivity contribution >= 4 is 17.5 Å². The van der Waals surface area contributed by atoms with Crippen LogP contribution in [-0.4, -0.2) is 29.5 Å². The van der Waals surface area contributed by atoms with Crippen molar-refractivity contribution in [1.82, 2.24) is 0 Å². The lowest BCUT2D eigenvalue weighted by Gasteiger charge is -2.38. The highest BCUT2D eigenvalue weighted by molar-refractivity contribution is 7.99. The molecule has 2 nitrogen and oxygen atoms in total. The minimum absolute atomic E-state index is 0.00176. The molecule has 2 aliphatic rings. The molecule has 0 N–H and O–H groups in total. The van der Waals surface area contributed by atoms with Crippen molar-refractivity contribution in [1.29, 1.82) is 0 Å². The monoisotopic (exact) mass is 304 g/mol. The van der Waals surface area contributed by atoms with Gasteiger partial charge >= 0.3 is 0 Å². The Hall–Kier alpha value is -0.800. The molecule has 2 saturated heterocycles. The standard InChI is InChI=1S/C18H24O2S/c1-2-16(14-6-4-3-5-7-14)17(19)15-8-10-20-18(12-15)9-11-21-13-18/h3-7,15-16H,2,8-13H2,1H3. The Morgan fingerprint density at radius 3 is 2.90 bits per heavy atom. The van der Waals surface area contributed by atoms with Crippen molar-refractivity contribution in [2.24, 2.45) is 5.92 Å². The van der Waals surface area contributed by atoms with Gasteiger partial charge in [0.15, 0.2) is 0 Å². The van der Waals surface area contributed by atoms with Crippen LogP contribution in [-0.2, 0) is 9.53 Å². The van der Waals surface area contributed by atoms with Crippen LogP contribution in [0.5, 0.6) is 0 Å². The highest BCUT2D eigenvalue weighted by Gasteiger charge is 2.43. The van der Waals surface area contributed by atoms with Crippen LogP contribution in [0.1, 0.15) is 44.1 Å². The molecule has 0 radical (unpaired) electrons. The first-order valence-corrected chi connectivity index (χ1v) is 9.20. The summed E-state index contributed by atoms with van der Waals surface area (Å²) in [4.78, 5) is 13.0. The fourth-order valence-electron chi connectivity index (χ4n) is 3.70. The summed E-state index contributed by atoms with van der Waals surface area (Å²) in [5, 5.41) is 0. The minimum Gasteiger partial charge on any atom is -0.374 e. The smallest absolute Gasteiger partial charge is 0.143 e. The molecule has 1 aromatic carbocycles. The third kappa shape index (κ3) is 3.19. The molecule has 2 aliphatic heterocycles. The third-order valence-corrected chi connectivity index (χ3v) is 6.14. The van der Waals surface area contributed by atoms with Gasteiger partial charge in [-0.2, -0.15) is 11.8 Å². The van der Waals surface area contributed by atoms with Crippen LogP contribution in [0.15, 0.2) is 30.3 Å². The summed E-state index contributed by atoms with van der Waals surface area (Å²) in [6, 6.07) is 10.3. The zero-order valence-electron chi connectivity index (χ0n) is 12.7. The fraction of sp³-hybridized carbons (Fsp3) is 0.611. The molecule has 0 aliphatic carbocycles. The Bertz CT molecular complexity index is 479. The van der Waals surface area contributed by atoms with E-state index < -0.39 is 0 Å². The Kier molecular flexibility index (Phi) is 4.70. The molecule has 2 heterocycles. The second-order valence-corrected chi connectivity index (χ2v) is 7.40. The fourth-order valence-corrected chi connectivity index (χ4v) is 5.08. The molecule has 21 heavy (non-hydrogen) atoms. The number of carbonyl (C=O) groups is 1. The maximum absolute atomic E-state index is 13.0. The third-order valence-electron chi connectivity index (χ3n) is 4.92. The lowest BCUT2D eigenvalue weighted by atomic mass is 9.77. The van der Waals surface area contributed by atoms with Gasteiger partial charge < -0.3 is 4.74 Å².